The van der Waals surface area contributed by atoms with Gasteiger partial charge in [-0.05, 0) is 24.1 Å². The summed E-state index contributed by atoms with van der Waals surface area (Å²) >= 11 is 0. The SMILES string of the molecule is NNC(=O)CCc1cccc(F)c1. The molecule has 0 unspecified atom stereocenters. The van der Waals surface area contributed by atoms with Crippen LogP contribution in [0.25, 0.3) is 0 Å². The number of hydrogen-bond donors (Lipinski definition) is 2. The molecule has 0 bridgehead atoms. The van der Waals surface area contributed by atoms with Crippen molar-refractivity contribution in [1.29, 1.82) is 0 Å². The van der Waals surface area contributed by atoms with Crippen molar-refractivity contribution >= 4 is 5.91 Å². The van der Waals surface area contributed by atoms with Gasteiger partial charge in [-0.15, -0.1) is 0 Å². The molecule has 0 radical (unpaired) electrons. The van der Waals surface area contributed by atoms with Crippen LogP contribution in [-0.2, 0) is 11.2 Å². The summed E-state index contributed by atoms with van der Waals surface area (Å²) in [7, 11) is 0. The van der Waals surface area contributed by atoms with Gasteiger partial charge in [0.1, 0.15) is 5.82 Å². The van der Waals surface area contributed by atoms with Gasteiger partial charge in [0.2, 0.25) is 5.91 Å². The van der Waals surface area contributed by atoms with Gasteiger partial charge >= 0.3 is 0 Å². The largest absolute Gasteiger partial charge is 0.294 e. The molecular formula is C9H11FN2O. The quantitative estimate of drug-likeness (QED) is 0.411. The molecule has 1 aromatic carbocycles. The molecule has 0 aliphatic heterocycles. The maximum atomic E-state index is 12.6. The second-order valence-corrected chi connectivity index (χ2v) is 2.70. The fraction of sp³-hybridized carbons (Fsp3) is 0.222. The van der Waals surface area contributed by atoms with Crippen molar-refractivity contribution in [3.8, 4) is 0 Å². The van der Waals surface area contributed by atoms with Gasteiger partial charge in [-0.3, -0.25) is 10.2 Å². The minimum atomic E-state index is -0.286. The Morgan fingerprint density at radius 3 is 2.92 bits per heavy atom. The van der Waals surface area contributed by atoms with Crippen LogP contribution in [0, 0.1) is 5.82 Å². The Kier molecular flexibility index (Phi) is 3.40. The number of aryl methyl sites for hydroxylation is 1. The van der Waals surface area contributed by atoms with Crippen LogP contribution in [0.15, 0.2) is 24.3 Å². The van der Waals surface area contributed by atoms with E-state index in [9.17, 15) is 9.18 Å². The van der Waals surface area contributed by atoms with E-state index in [-0.39, 0.29) is 18.1 Å². The van der Waals surface area contributed by atoms with Crippen molar-refractivity contribution in [3.63, 3.8) is 0 Å². The molecule has 13 heavy (non-hydrogen) atoms. The molecule has 0 aliphatic rings. The van der Waals surface area contributed by atoms with Crippen molar-refractivity contribution in [1.82, 2.24) is 5.43 Å². The van der Waals surface area contributed by atoms with Gasteiger partial charge in [-0.25, -0.2) is 10.2 Å². The van der Waals surface area contributed by atoms with Crippen LogP contribution in [0.1, 0.15) is 12.0 Å². The molecular weight excluding hydrogens is 171 g/mol. The lowest BCUT2D eigenvalue weighted by Gasteiger charge is -2.00. The number of carbonyl (C=O) groups excluding carboxylic acids is 1. The summed E-state index contributed by atoms with van der Waals surface area (Å²) < 4.78 is 12.6. The van der Waals surface area contributed by atoms with E-state index in [0.717, 1.165) is 5.56 Å². The smallest absolute Gasteiger partial charge is 0.234 e. The van der Waals surface area contributed by atoms with E-state index < -0.39 is 0 Å². The molecule has 70 valence electrons. The number of amides is 1. The summed E-state index contributed by atoms with van der Waals surface area (Å²) in [5.74, 6) is 4.36. The standard InChI is InChI=1S/C9H11FN2O/c10-8-3-1-2-7(6-8)4-5-9(13)12-11/h1-3,6H,4-5,11H2,(H,12,13). The summed E-state index contributed by atoms with van der Waals surface area (Å²) in [4.78, 5) is 10.7. The molecule has 0 aliphatic carbocycles. The van der Waals surface area contributed by atoms with Gasteiger partial charge in [0.05, 0.1) is 0 Å². The number of rotatable bonds is 3. The zero-order valence-electron chi connectivity index (χ0n) is 7.09. The normalized spacial score (nSPS) is 9.69. The number of halogens is 1. The van der Waals surface area contributed by atoms with E-state index in [1.807, 2.05) is 5.43 Å². The highest BCUT2D eigenvalue weighted by Crippen LogP contribution is 2.05. The highest BCUT2D eigenvalue weighted by molar-refractivity contribution is 5.75. The van der Waals surface area contributed by atoms with Gasteiger partial charge in [0, 0.05) is 6.42 Å². The van der Waals surface area contributed by atoms with Crippen molar-refractivity contribution < 1.29 is 9.18 Å². The van der Waals surface area contributed by atoms with Crippen molar-refractivity contribution in [2.75, 3.05) is 0 Å². The van der Waals surface area contributed by atoms with Crippen LogP contribution in [-0.4, -0.2) is 5.91 Å². The first-order valence-electron chi connectivity index (χ1n) is 3.96. The van der Waals surface area contributed by atoms with Gasteiger partial charge in [-0.1, -0.05) is 12.1 Å². The molecule has 4 heteroatoms. The number of carbonyl (C=O) groups is 1. The van der Waals surface area contributed by atoms with Gasteiger partial charge in [-0.2, -0.15) is 0 Å². The Morgan fingerprint density at radius 2 is 2.31 bits per heavy atom. The van der Waals surface area contributed by atoms with Crippen LogP contribution in [0.4, 0.5) is 4.39 Å². The zero-order chi connectivity index (χ0) is 9.68. The van der Waals surface area contributed by atoms with E-state index >= 15 is 0 Å². The van der Waals surface area contributed by atoms with E-state index in [1.54, 1.807) is 12.1 Å². The fourth-order valence-electron chi connectivity index (χ4n) is 1.02. The van der Waals surface area contributed by atoms with Crippen LogP contribution in [0.3, 0.4) is 0 Å². The third-order valence-corrected chi connectivity index (χ3v) is 1.69. The second kappa shape index (κ2) is 4.57. The summed E-state index contributed by atoms with van der Waals surface area (Å²) in [5, 5.41) is 0. The first kappa shape index (κ1) is 9.67. The minimum Gasteiger partial charge on any atom is -0.294 e. The summed E-state index contributed by atoms with van der Waals surface area (Å²) in [6.07, 6.45) is 0.779. The fourth-order valence-corrected chi connectivity index (χ4v) is 1.02. The number of nitrogens with two attached hydrogens (primary N) is 1. The summed E-state index contributed by atoms with van der Waals surface area (Å²) in [6, 6.07) is 6.16. The first-order valence-corrected chi connectivity index (χ1v) is 3.96. The first-order chi connectivity index (χ1) is 6.22. The lowest BCUT2D eigenvalue weighted by atomic mass is 10.1. The molecule has 0 atom stereocenters. The average Bonchev–Trinajstić information content (AvgIpc) is 2.14. The highest BCUT2D eigenvalue weighted by Gasteiger charge is 2.00. The highest BCUT2D eigenvalue weighted by atomic mass is 19.1. The second-order valence-electron chi connectivity index (χ2n) is 2.70. The molecule has 1 amide bonds. The Morgan fingerprint density at radius 1 is 1.54 bits per heavy atom. The van der Waals surface area contributed by atoms with Crippen LogP contribution < -0.4 is 11.3 Å². The average molecular weight is 182 g/mol. The molecule has 0 spiro atoms. The lowest BCUT2D eigenvalue weighted by molar-refractivity contribution is -0.121. The Labute approximate surface area is 75.7 Å². The van der Waals surface area contributed by atoms with Crippen LogP contribution in [0.2, 0.25) is 0 Å². The molecule has 0 fully saturated rings. The van der Waals surface area contributed by atoms with Crippen LogP contribution >= 0.6 is 0 Å². The summed E-state index contributed by atoms with van der Waals surface area (Å²) in [5.41, 5.74) is 2.81. The number of hydrazine groups is 1. The molecule has 3 nitrogen and oxygen atoms in total. The minimum absolute atomic E-state index is 0.246. The van der Waals surface area contributed by atoms with Gasteiger partial charge < -0.3 is 0 Å². The van der Waals surface area contributed by atoms with E-state index in [0.29, 0.717) is 6.42 Å². The maximum absolute atomic E-state index is 12.6. The van der Waals surface area contributed by atoms with Crippen molar-refractivity contribution in [2.45, 2.75) is 12.8 Å². The Bertz CT molecular complexity index is 301. The molecule has 1 rings (SSSR count). The topological polar surface area (TPSA) is 55.1 Å². The maximum Gasteiger partial charge on any atom is 0.234 e. The van der Waals surface area contributed by atoms with E-state index in [1.165, 1.54) is 12.1 Å². The number of nitrogens with one attached hydrogen (secondary N) is 1. The summed E-state index contributed by atoms with van der Waals surface area (Å²) in [6.45, 7) is 0. The van der Waals surface area contributed by atoms with Gasteiger partial charge in [0.15, 0.2) is 0 Å². The van der Waals surface area contributed by atoms with E-state index in [2.05, 4.69) is 0 Å². The molecule has 3 N–H and O–H groups in total. The monoisotopic (exact) mass is 182 g/mol. The van der Waals surface area contributed by atoms with Crippen molar-refractivity contribution in [3.05, 3.63) is 35.6 Å². The molecule has 0 aromatic heterocycles. The Hall–Kier alpha value is -1.42. The van der Waals surface area contributed by atoms with Crippen LogP contribution in [0.5, 0.6) is 0 Å². The Balaban J connectivity index is 2.50. The predicted molar refractivity (Wildman–Crippen MR) is 47.1 cm³/mol. The number of benzene rings is 1. The third kappa shape index (κ3) is 3.21. The molecule has 0 heterocycles. The third-order valence-electron chi connectivity index (χ3n) is 1.69. The zero-order valence-corrected chi connectivity index (χ0v) is 7.09. The lowest BCUT2D eigenvalue weighted by Crippen LogP contribution is -2.30. The van der Waals surface area contributed by atoms with Crippen molar-refractivity contribution in [2.24, 2.45) is 5.84 Å². The molecule has 0 saturated carbocycles. The molecule has 0 saturated heterocycles. The number of hydrogen-bond acceptors (Lipinski definition) is 2. The molecule has 1 aromatic rings. The predicted octanol–water partition coefficient (Wildman–Crippen LogP) is 0.748. The van der Waals surface area contributed by atoms with Gasteiger partial charge in [0.25, 0.3) is 0 Å². The van der Waals surface area contributed by atoms with E-state index in [4.69, 9.17) is 5.84 Å².